The summed E-state index contributed by atoms with van der Waals surface area (Å²) in [7, 11) is 0. The Bertz CT molecular complexity index is 694. The van der Waals surface area contributed by atoms with E-state index < -0.39 is 0 Å². The van der Waals surface area contributed by atoms with Crippen molar-refractivity contribution in [1.29, 1.82) is 0 Å². The van der Waals surface area contributed by atoms with Crippen LogP contribution in [0.2, 0.25) is 0 Å². The van der Waals surface area contributed by atoms with Crippen LogP contribution in [0.1, 0.15) is 42.1 Å². The summed E-state index contributed by atoms with van der Waals surface area (Å²) in [4.78, 5) is 14.2. The molecule has 1 heterocycles. The normalized spacial score (nSPS) is 15.4. The second-order valence-corrected chi connectivity index (χ2v) is 6.58. The molecule has 3 nitrogen and oxygen atoms in total. The number of fused-ring (bicyclic) bond motifs is 1. The lowest BCUT2D eigenvalue weighted by Gasteiger charge is -2.31. The first-order valence-electron chi connectivity index (χ1n) is 8.27. The summed E-state index contributed by atoms with van der Waals surface area (Å²) in [6.45, 7) is 5.43. The van der Waals surface area contributed by atoms with E-state index >= 15 is 0 Å². The van der Waals surface area contributed by atoms with Crippen molar-refractivity contribution in [3.8, 4) is 0 Å². The van der Waals surface area contributed by atoms with Gasteiger partial charge in [0.1, 0.15) is 0 Å². The molecule has 0 radical (unpaired) electrons. The van der Waals surface area contributed by atoms with Crippen molar-refractivity contribution < 1.29 is 4.79 Å². The lowest BCUT2D eigenvalue weighted by atomic mass is 9.92. The van der Waals surface area contributed by atoms with E-state index in [1.54, 1.807) is 0 Å². The smallest absolute Gasteiger partial charge is 0.225 e. The minimum Gasteiger partial charge on any atom is -0.338 e. The van der Waals surface area contributed by atoms with Gasteiger partial charge in [-0.2, -0.15) is 0 Å². The van der Waals surface area contributed by atoms with Crippen LogP contribution < -0.4 is 5.73 Å². The van der Waals surface area contributed by atoms with Crippen LogP contribution in [0.3, 0.4) is 0 Å². The molecule has 0 bridgehead atoms. The topological polar surface area (TPSA) is 46.3 Å². The first-order valence-corrected chi connectivity index (χ1v) is 8.27. The summed E-state index contributed by atoms with van der Waals surface area (Å²) < 4.78 is 0. The van der Waals surface area contributed by atoms with Gasteiger partial charge in [0.05, 0.1) is 6.04 Å². The number of carbonyl (C=O) groups is 1. The van der Waals surface area contributed by atoms with Gasteiger partial charge < -0.3 is 10.6 Å². The maximum absolute atomic E-state index is 12.2. The molecule has 1 aliphatic heterocycles. The average molecular weight is 308 g/mol. The molecule has 0 aliphatic carbocycles. The summed E-state index contributed by atoms with van der Waals surface area (Å²) in [5.41, 5.74) is 11.2. The van der Waals surface area contributed by atoms with Crippen LogP contribution >= 0.6 is 0 Å². The fourth-order valence-corrected chi connectivity index (χ4v) is 3.18. The lowest BCUT2D eigenvalue weighted by Crippen LogP contribution is -2.38. The number of rotatable bonds is 3. The molecule has 3 heteroatoms. The summed E-state index contributed by atoms with van der Waals surface area (Å²) in [5, 5.41) is 0. The Hall–Kier alpha value is -2.13. The fraction of sp³-hybridized carbons (Fsp3) is 0.350. The van der Waals surface area contributed by atoms with E-state index in [0.29, 0.717) is 6.54 Å². The predicted molar refractivity (Wildman–Crippen MR) is 92.9 cm³/mol. The van der Waals surface area contributed by atoms with Crippen LogP contribution in [0, 0.1) is 5.92 Å². The summed E-state index contributed by atoms with van der Waals surface area (Å²) >= 11 is 0. The van der Waals surface area contributed by atoms with Gasteiger partial charge in [-0.1, -0.05) is 62.4 Å². The zero-order chi connectivity index (χ0) is 16.4. The molecule has 1 aliphatic rings. The summed E-state index contributed by atoms with van der Waals surface area (Å²) in [6.07, 6.45) is 0.925. The van der Waals surface area contributed by atoms with Gasteiger partial charge in [-0.3, -0.25) is 4.79 Å². The first-order chi connectivity index (χ1) is 11.1. The molecule has 2 N–H and O–H groups in total. The van der Waals surface area contributed by atoms with E-state index in [0.717, 1.165) is 24.1 Å². The van der Waals surface area contributed by atoms with Crippen molar-refractivity contribution in [3.63, 3.8) is 0 Å². The SMILES string of the molecule is CC(C)C(=O)N1CCc2ccc(C(N)c3ccccc3)cc2C1. The van der Waals surface area contributed by atoms with E-state index in [1.165, 1.54) is 11.1 Å². The minimum absolute atomic E-state index is 0.0475. The minimum atomic E-state index is -0.127. The van der Waals surface area contributed by atoms with Crippen LogP contribution in [-0.2, 0) is 17.8 Å². The van der Waals surface area contributed by atoms with Crippen molar-refractivity contribution in [2.45, 2.75) is 32.9 Å². The summed E-state index contributed by atoms with van der Waals surface area (Å²) in [5.74, 6) is 0.278. The molecular weight excluding hydrogens is 284 g/mol. The highest BCUT2D eigenvalue weighted by molar-refractivity contribution is 5.78. The number of hydrogen-bond acceptors (Lipinski definition) is 2. The van der Waals surface area contributed by atoms with Gasteiger partial charge in [0.15, 0.2) is 0 Å². The van der Waals surface area contributed by atoms with Crippen molar-refractivity contribution in [2.75, 3.05) is 6.54 Å². The van der Waals surface area contributed by atoms with Crippen LogP contribution in [0.15, 0.2) is 48.5 Å². The van der Waals surface area contributed by atoms with E-state index in [9.17, 15) is 4.79 Å². The van der Waals surface area contributed by atoms with E-state index in [4.69, 9.17) is 5.73 Å². The van der Waals surface area contributed by atoms with Crippen molar-refractivity contribution in [1.82, 2.24) is 4.90 Å². The lowest BCUT2D eigenvalue weighted by molar-refractivity contribution is -0.135. The zero-order valence-corrected chi connectivity index (χ0v) is 13.8. The molecule has 23 heavy (non-hydrogen) atoms. The molecular formula is C20H24N2O. The predicted octanol–water partition coefficient (Wildman–Crippen LogP) is 3.28. The molecule has 120 valence electrons. The Morgan fingerprint density at radius 1 is 1.04 bits per heavy atom. The molecule has 2 aromatic rings. The first kappa shape index (κ1) is 15.8. The second-order valence-electron chi connectivity index (χ2n) is 6.58. The van der Waals surface area contributed by atoms with Gasteiger partial charge >= 0.3 is 0 Å². The maximum Gasteiger partial charge on any atom is 0.225 e. The standard InChI is InChI=1S/C20H24N2O/c1-14(2)20(23)22-11-10-15-8-9-17(12-18(15)13-22)19(21)16-6-4-3-5-7-16/h3-9,12,14,19H,10-11,13,21H2,1-2H3. The Labute approximate surface area is 138 Å². The van der Waals surface area contributed by atoms with Gasteiger partial charge in [-0.05, 0) is 28.7 Å². The van der Waals surface area contributed by atoms with Gasteiger partial charge in [-0.25, -0.2) is 0 Å². The third-order valence-corrected chi connectivity index (χ3v) is 4.57. The van der Waals surface area contributed by atoms with E-state index in [2.05, 4.69) is 30.3 Å². The summed E-state index contributed by atoms with van der Waals surface area (Å²) in [6, 6.07) is 16.5. The number of nitrogens with zero attached hydrogens (tertiary/aromatic N) is 1. The van der Waals surface area contributed by atoms with Gasteiger partial charge in [0.2, 0.25) is 5.91 Å². The number of benzene rings is 2. The van der Waals surface area contributed by atoms with Crippen molar-refractivity contribution in [2.24, 2.45) is 11.7 Å². The third-order valence-electron chi connectivity index (χ3n) is 4.57. The quantitative estimate of drug-likeness (QED) is 0.946. The highest BCUT2D eigenvalue weighted by atomic mass is 16.2. The molecule has 1 amide bonds. The van der Waals surface area contributed by atoms with Crippen LogP contribution in [0.25, 0.3) is 0 Å². The molecule has 1 unspecified atom stereocenters. The van der Waals surface area contributed by atoms with Crippen LogP contribution in [-0.4, -0.2) is 17.4 Å². The molecule has 0 spiro atoms. The van der Waals surface area contributed by atoms with Gasteiger partial charge in [-0.15, -0.1) is 0 Å². The molecule has 0 saturated heterocycles. The number of carbonyl (C=O) groups excluding carboxylic acids is 1. The molecule has 0 saturated carbocycles. The van der Waals surface area contributed by atoms with Crippen LogP contribution in [0.4, 0.5) is 0 Å². The Balaban J connectivity index is 1.85. The highest BCUT2D eigenvalue weighted by Gasteiger charge is 2.23. The van der Waals surface area contributed by atoms with Gasteiger partial charge in [0.25, 0.3) is 0 Å². The Morgan fingerprint density at radius 2 is 1.78 bits per heavy atom. The molecule has 1 atom stereocenters. The highest BCUT2D eigenvalue weighted by Crippen LogP contribution is 2.26. The van der Waals surface area contributed by atoms with Crippen LogP contribution in [0.5, 0.6) is 0 Å². The molecule has 2 aromatic carbocycles. The number of nitrogens with two attached hydrogens (primary N) is 1. The van der Waals surface area contributed by atoms with Gasteiger partial charge in [0, 0.05) is 19.0 Å². The van der Waals surface area contributed by atoms with Crippen molar-refractivity contribution >= 4 is 5.91 Å². The second kappa shape index (κ2) is 6.55. The zero-order valence-electron chi connectivity index (χ0n) is 13.8. The van der Waals surface area contributed by atoms with E-state index in [-0.39, 0.29) is 17.9 Å². The molecule has 0 fully saturated rings. The number of amides is 1. The Kier molecular flexibility index (Phi) is 4.49. The number of hydrogen-bond donors (Lipinski definition) is 1. The monoisotopic (exact) mass is 308 g/mol. The van der Waals surface area contributed by atoms with Crippen molar-refractivity contribution in [3.05, 3.63) is 70.8 Å². The molecule has 0 aromatic heterocycles. The third kappa shape index (κ3) is 3.30. The largest absolute Gasteiger partial charge is 0.338 e. The molecule has 3 rings (SSSR count). The van der Waals surface area contributed by atoms with E-state index in [1.807, 2.05) is 36.9 Å². The maximum atomic E-state index is 12.2. The Morgan fingerprint density at radius 3 is 2.48 bits per heavy atom. The average Bonchev–Trinajstić information content (AvgIpc) is 2.60. The fourth-order valence-electron chi connectivity index (χ4n) is 3.18.